The summed E-state index contributed by atoms with van der Waals surface area (Å²) in [5.41, 5.74) is 2.60. The standard InChI is InChI=1S/C24H26N2O5S/c1-17-8-11-21(12-9-17)32(28,29)26(19-7-5-6-18(2)14-19)16-24(27)25-22-15-20(30-3)10-13-23(22)31-4/h5-15H,16H2,1-4H3,(H,25,27). The first-order valence-electron chi connectivity index (χ1n) is 9.92. The molecular weight excluding hydrogens is 428 g/mol. The summed E-state index contributed by atoms with van der Waals surface area (Å²) in [6, 6.07) is 18.5. The third-order valence-electron chi connectivity index (χ3n) is 4.87. The van der Waals surface area contributed by atoms with Crippen LogP contribution in [0.2, 0.25) is 0 Å². The molecule has 0 radical (unpaired) electrons. The average Bonchev–Trinajstić information content (AvgIpc) is 2.77. The van der Waals surface area contributed by atoms with Gasteiger partial charge in [-0.05, 0) is 55.8 Å². The van der Waals surface area contributed by atoms with E-state index < -0.39 is 22.5 Å². The minimum Gasteiger partial charge on any atom is -0.497 e. The molecule has 0 aliphatic heterocycles. The van der Waals surface area contributed by atoms with Gasteiger partial charge in [0.15, 0.2) is 0 Å². The molecule has 0 fully saturated rings. The molecule has 0 saturated heterocycles. The van der Waals surface area contributed by atoms with Crippen LogP contribution in [0.4, 0.5) is 11.4 Å². The van der Waals surface area contributed by atoms with Crippen molar-refractivity contribution < 1.29 is 22.7 Å². The SMILES string of the molecule is COc1ccc(OC)c(NC(=O)CN(c2cccc(C)c2)S(=O)(=O)c2ccc(C)cc2)c1. The largest absolute Gasteiger partial charge is 0.497 e. The monoisotopic (exact) mass is 454 g/mol. The number of nitrogens with one attached hydrogen (secondary N) is 1. The lowest BCUT2D eigenvalue weighted by molar-refractivity contribution is -0.114. The van der Waals surface area contributed by atoms with Crippen LogP contribution in [0.3, 0.4) is 0 Å². The predicted molar refractivity (Wildman–Crippen MR) is 125 cm³/mol. The number of ether oxygens (including phenoxy) is 2. The Morgan fingerprint density at radius 3 is 2.25 bits per heavy atom. The van der Waals surface area contributed by atoms with Gasteiger partial charge < -0.3 is 14.8 Å². The van der Waals surface area contributed by atoms with Crippen LogP contribution in [0.5, 0.6) is 11.5 Å². The van der Waals surface area contributed by atoms with E-state index in [1.165, 1.54) is 26.4 Å². The summed E-state index contributed by atoms with van der Waals surface area (Å²) >= 11 is 0. The van der Waals surface area contributed by atoms with Crippen LogP contribution in [0.25, 0.3) is 0 Å². The summed E-state index contributed by atoms with van der Waals surface area (Å²) in [5.74, 6) is 0.445. The molecule has 7 nitrogen and oxygen atoms in total. The zero-order valence-electron chi connectivity index (χ0n) is 18.5. The number of sulfonamides is 1. The van der Waals surface area contributed by atoms with Crippen molar-refractivity contribution >= 4 is 27.3 Å². The second-order valence-corrected chi connectivity index (χ2v) is 9.14. The Balaban J connectivity index is 1.96. The fourth-order valence-electron chi connectivity index (χ4n) is 3.17. The Morgan fingerprint density at radius 1 is 0.906 bits per heavy atom. The van der Waals surface area contributed by atoms with Crippen molar-refractivity contribution in [3.63, 3.8) is 0 Å². The van der Waals surface area contributed by atoms with Crippen molar-refractivity contribution in [3.05, 3.63) is 77.9 Å². The number of benzene rings is 3. The highest BCUT2D eigenvalue weighted by atomic mass is 32.2. The fourth-order valence-corrected chi connectivity index (χ4v) is 4.58. The predicted octanol–water partition coefficient (Wildman–Crippen LogP) is 4.15. The van der Waals surface area contributed by atoms with E-state index in [2.05, 4.69) is 5.32 Å². The summed E-state index contributed by atoms with van der Waals surface area (Å²) in [7, 11) is -0.988. The molecule has 3 aromatic carbocycles. The highest BCUT2D eigenvalue weighted by Crippen LogP contribution is 2.30. The van der Waals surface area contributed by atoms with E-state index in [9.17, 15) is 13.2 Å². The second-order valence-electron chi connectivity index (χ2n) is 7.28. The molecule has 32 heavy (non-hydrogen) atoms. The van der Waals surface area contributed by atoms with Crippen molar-refractivity contribution in [1.29, 1.82) is 0 Å². The summed E-state index contributed by atoms with van der Waals surface area (Å²) in [5, 5.41) is 2.73. The van der Waals surface area contributed by atoms with E-state index in [1.54, 1.807) is 48.5 Å². The lowest BCUT2D eigenvalue weighted by Gasteiger charge is -2.24. The third-order valence-corrected chi connectivity index (χ3v) is 6.65. The van der Waals surface area contributed by atoms with E-state index >= 15 is 0 Å². The quantitative estimate of drug-likeness (QED) is 0.553. The number of carbonyl (C=O) groups is 1. The fraction of sp³-hybridized carbons (Fsp3) is 0.208. The van der Waals surface area contributed by atoms with Gasteiger partial charge in [-0.15, -0.1) is 0 Å². The van der Waals surface area contributed by atoms with Crippen molar-refractivity contribution in [2.75, 3.05) is 30.4 Å². The van der Waals surface area contributed by atoms with Crippen LogP contribution in [0.1, 0.15) is 11.1 Å². The Morgan fingerprint density at radius 2 is 1.62 bits per heavy atom. The van der Waals surface area contributed by atoms with E-state index in [1.807, 2.05) is 19.9 Å². The number of nitrogens with zero attached hydrogens (tertiary/aromatic N) is 1. The van der Waals surface area contributed by atoms with Crippen LogP contribution in [-0.2, 0) is 14.8 Å². The van der Waals surface area contributed by atoms with Gasteiger partial charge in [0, 0.05) is 6.07 Å². The molecule has 3 rings (SSSR count). The van der Waals surface area contributed by atoms with Crippen LogP contribution in [0, 0.1) is 13.8 Å². The topological polar surface area (TPSA) is 84.9 Å². The van der Waals surface area contributed by atoms with Crippen molar-refractivity contribution in [1.82, 2.24) is 0 Å². The summed E-state index contributed by atoms with van der Waals surface area (Å²) in [4.78, 5) is 13.1. The summed E-state index contributed by atoms with van der Waals surface area (Å²) in [6.07, 6.45) is 0. The molecule has 0 heterocycles. The Hall–Kier alpha value is -3.52. The second kappa shape index (κ2) is 9.74. The maximum absolute atomic E-state index is 13.5. The number of amides is 1. The first kappa shape index (κ1) is 23.1. The molecule has 0 aliphatic carbocycles. The molecular formula is C24H26N2O5S. The number of hydrogen-bond donors (Lipinski definition) is 1. The number of anilines is 2. The highest BCUT2D eigenvalue weighted by Gasteiger charge is 2.27. The number of carbonyl (C=O) groups excluding carboxylic acids is 1. The van der Waals surface area contributed by atoms with Gasteiger partial charge >= 0.3 is 0 Å². The highest BCUT2D eigenvalue weighted by molar-refractivity contribution is 7.92. The lowest BCUT2D eigenvalue weighted by atomic mass is 10.2. The van der Waals surface area contributed by atoms with Gasteiger partial charge in [-0.3, -0.25) is 9.10 Å². The van der Waals surface area contributed by atoms with Crippen LogP contribution in [-0.4, -0.2) is 35.1 Å². The Kier molecular flexibility index (Phi) is 7.05. The normalized spacial score (nSPS) is 11.0. The summed E-state index contributed by atoms with van der Waals surface area (Å²) < 4.78 is 38.5. The molecule has 168 valence electrons. The van der Waals surface area contributed by atoms with Crippen molar-refractivity contribution in [3.8, 4) is 11.5 Å². The molecule has 0 unspecified atom stereocenters. The minimum absolute atomic E-state index is 0.108. The minimum atomic E-state index is -3.99. The number of methoxy groups -OCH3 is 2. The molecule has 8 heteroatoms. The van der Waals surface area contributed by atoms with Crippen LogP contribution < -0.4 is 19.1 Å². The van der Waals surface area contributed by atoms with Gasteiger partial charge in [-0.25, -0.2) is 8.42 Å². The number of rotatable bonds is 8. The van der Waals surface area contributed by atoms with Gasteiger partial charge in [0.1, 0.15) is 18.0 Å². The zero-order chi connectivity index (χ0) is 23.3. The first-order valence-corrected chi connectivity index (χ1v) is 11.4. The van der Waals surface area contributed by atoms with Crippen molar-refractivity contribution in [2.45, 2.75) is 18.7 Å². The van der Waals surface area contributed by atoms with Gasteiger partial charge in [0.05, 0.1) is 30.5 Å². The van der Waals surface area contributed by atoms with E-state index in [-0.39, 0.29) is 4.90 Å². The molecule has 3 aromatic rings. The number of hydrogen-bond acceptors (Lipinski definition) is 5. The third kappa shape index (κ3) is 5.20. The maximum Gasteiger partial charge on any atom is 0.264 e. The first-order chi connectivity index (χ1) is 15.2. The molecule has 1 amide bonds. The van der Waals surface area contributed by atoms with E-state index in [0.29, 0.717) is 22.9 Å². The Labute approximate surface area is 188 Å². The van der Waals surface area contributed by atoms with Crippen molar-refractivity contribution in [2.24, 2.45) is 0 Å². The molecule has 0 spiro atoms. The van der Waals surface area contributed by atoms with Gasteiger partial charge in [-0.1, -0.05) is 29.8 Å². The molecule has 0 aliphatic rings. The Bertz CT molecular complexity index is 1210. The van der Waals surface area contributed by atoms with Gasteiger partial charge in [0.2, 0.25) is 5.91 Å². The van der Waals surface area contributed by atoms with Gasteiger partial charge in [0.25, 0.3) is 10.0 Å². The smallest absolute Gasteiger partial charge is 0.264 e. The molecule has 0 saturated carbocycles. The van der Waals surface area contributed by atoms with Crippen LogP contribution in [0.15, 0.2) is 71.6 Å². The maximum atomic E-state index is 13.5. The lowest BCUT2D eigenvalue weighted by Crippen LogP contribution is -2.38. The molecule has 0 atom stereocenters. The molecule has 0 bridgehead atoms. The summed E-state index contributed by atoms with van der Waals surface area (Å²) in [6.45, 7) is 3.32. The van der Waals surface area contributed by atoms with Crippen LogP contribution >= 0.6 is 0 Å². The van der Waals surface area contributed by atoms with Gasteiger partial charge in [-0.2, -0.15) is 0 Å². The van der Waals surface area contributed by atoms with E-state index in [0.717, 1.165) is 15.4 Å². The molecule has 1 N–H and O–H groups in total. The zero-order valence-corrected chi connectivity index (χ0v) is 19.3. The average molecular weight is 455 g/mol. The van der Waals surface area contributed by atoms with E-state index in [4.69, 9.17) is 9.47 Å². The number of aryl methyl sites for hydroxylation is 2. The molecule has 0 aromatic heterocycles.